The third-order valence-corrected chi connectivity index (χ3v) is 4.94. The van der Waals surface area contributed by atoms with Crippen LogP contribution in [0.5, 0.6) is 0 Å². The van der Waals surface area contributed by atoms with E-state index in [1.165, 1.54) is 6.42 Å². The third kappa shape index (κ3) is 3.17. The highest BCUT2D eigenvalue weighted by Crippen LogP contribution is 2.33. The Labute approximate surface area is 126 Å². The Morgan fingerprint density at radius 1 is 1.19 bits per heavy atom. The van der Waals surface area contributed by atoms with E-state index in [1.807, 2.05) is 0 Å². The lowest BCUT2D eigenvalue weighted by molar-refractivity contribution is -0.0389. The molecule has 120 valence electrons. The molecule has 2 amide bonds. The van der Waals surface area contributed by atoms with Crippen molar-refractivity contribution in [1.82, 2.24) is 15.1 Å². The highest BCUT2D eigenvalue weighted by atomic mass is 16.5. The first-order valence-electron chi connectivity index (χ1n) is 8.09. The van der Waals surface area contributed by atoms with E-state index < -0.39 is 0 Å². The summed E-state index contributed by atoms with van der Waals surface area (Å²) in [5, 5.41) is 3.14. The molecule has 0 bridgehead atoms. The molecule has 0 aromatic carbocycles. The number of carbonyl (C=O) groups is 1. The van der Waals surface area contributed by atoms with Crippen LogP contribution >= 0.6 is 0 Å². The van der Waals surface area contributed by atoms with E-state index in [2.05, 4.69) is 10.2 Å². The van der Waals surface area contributed by atoms with Gasteiger partial charge in [0.1, 0.15) is 0 Å². The summed E-state index contributed by atoms with van der Waals surface area (Å²) in [6.45, 7) is 3.43. The number of amides is 2. The van der Waals surface area contributed by atoms with Crippen molar-refractivity contribution in [2.24, 2.45) is 0 Å². The Morgan fingerprint density at radius 3 is 2.67 bits per heavy atom. The van der Waals surface area contributed by atoms with Crippen molar-refractivity contribution in [3.8, 4) is 0 Å². The van der Waals surface area contributed by atoms with E-state index >= 15 is 0 Å². The van der Waals surface area contributed by atoms with E-state index in [-0.39, 0.29) is 18.2 Å². The van der Waals surface area contributed by atoms with Gasteiger partial charge in [0.05, 0.1) is 12.1 Å². The van der Waals surface area contributed by atoms with Crippen LogP contribution in [0.15, 0.2) is 0 Å². The number of carbonyl (C=O) groups excluding carboxylic acids is 1. The first kappa shape index (κ1) is 15.1. The number of nitrogens with one attached hydrogen (secondary N) is 1. The van der Waals surface area contributed by atoms with Gasteiger partial charge in [0.25, 0.3) is 0 Å². The first-order chi connectivity index (χ1) is 10.2. The topological polar surface area (TPSA) is 54.0 Å². The Bertz CT molecular complexity index is 371. The summed E-state index contributed by atoms with van der Waals surface area (Å²) in [4.78, 5) is 16.1. The van der Waals surface area contributed by atoms with Gasteiger partial charge in [0, 0.05) is 52.5 Å². The van der Waals surface area contributed by atoms with Crippen LogP contribution in [-0.4, -0.2) is 80.5 Å². The van der Waals surface area contributed by atoms with E-state index in [1.54, 1.807) is 19.0 Å². The quantitative estimate of drug-likeness (QED) is 0.814. The Balaban J connectivity index is 1.69. The number of ether oxygens (including phenoxy) is 2. The maximum atomic E-state index is 12.0. The number of fused-ring (bicyclic) bond motifs is 1. The average molecular weight is 297 g/mol. The number of hydrogen-bond acceptors (Lipinski definition) is 4. The molecule has 3 atom stereocenters. The summed E-state index contributed by atoms with van der Waals surface area (Å²) in [5.74, 6) is 0. The van der Waals surface area contributed by atoms with E-state index in [4.69, 9.17) is 9.47 Å². The minimum absolute atomic E-state index is 0.0262. The molecule has 0 spiro atoms. The monoisotopic (exact) mass is 297 g/mol. The highest BCUT2D eigenvalue weighted by molar-refractivity contribution is 5.74. The standard InChI is InChI=1S/C15H27N3O3/c1-17(2)15(19)16-12-10-18(11-5-8-20-9-6-11)13-4-3-7-21-14(12)13/h11-14H,3-10H2,1-2H3,(H,16,19)/t12-,13-,14-/m1/s1. The number of rotatable bonds is 2. The third-order valence-electron chi connectivity index (χ3n) is 4.94. The zero-order chi connectivity index (χ0) is 14.8. The maximum Gasteiger partial charge on any atom is 0.317 e. The molecule has 6 nitrogen and oxygen atoms in total. The largest absolute Gasteiger partial charge is 0.381 e. The van der Waals surface area contributed by atoms with Crippen LogP contribution in [0.3, 0.4) is 0 Å². The average Bonchev–Trinajstić information content (AvgIpc) is 2.87. The van der Waals surface area contributed by atoms with Gasteiger partial charge >= 0.3 is 6.03 Å². The normalized spacial score (nSPS) is 34.5. The molecule has 3 aliphatic heterocycles. The second-order valence-electron chi connectivity index (χ2n) is 6.54. The molecule has 0 aromatic rings. The zero-order valence-electron chi connectivity index (χ0n) is 13.1. The molecule has 3 rings (SSSR count). The van der Waals surface area contributed by atoms with Crippen molar-refractivity contribution in [3.05, 3.63) is 0 Å². The van der Waals surface area contributed by atoms with Crippen LogP contribution in [0.1, 0.15) is 25.7 Å². The van der Waals surface area contributed by atoms with Crippen LogP contribution < -0.4 is 5.32 Å². The number of likely N-dealkylation sites (tertiary alicyclic amines) is 1. The summed E-state index contributed by atoms with van der Waals surface area (Å²) >= 11 is 0. The minimum atomic E-state index is -0.0262. The van der Waals surface area contributed by atoms with Gasteiger partial charge in [-0.2, -0.15) is 0 Å². The smallest absolute Gasteiger partial charge is 0.317 e. The van der Waals surface area contributed by atoms with Crippen LogP contribution in [0, 0.1) is 0 Å². The SMILES string of the molecule is CN(C)C(=O)N[C@@H]1CN(C2CCOCC2)[C@@H]2CCCO[C@@H]21. The fourth-order valence-corrected chi connectivity index (χ4v) is 3.84. The van der Waals surface area contributed by atoms with Crippen LogP contribution in [0.2, 0.25) is 0 Å². The number of hydrogen-bond donors (Lipinski definition) is 1. The summed E-state index contributed by atoms with van der Waals surface area (Å²) in [7, 11) is 3.56. The Kier molecular flexibility index (Phi) is 4.66. The molecule has 3 saturated heterocycles. The predicted octanol–water partition coefficient (Wildman–Crippen LogP) is 0.668. The van der Waals surface area contributed by atoms with Crippen molar-refractivity contribution in [3.63, 3.8) is 0 Å². The molecule has 0 aromatic heterocycles. The molecule has 3 heterocycles. The summed E-state index contributed by atoms with van der Waals surface area (Å²) < 4.78 is 11.5. The Hall–Kier alpha value is -0.850. The number of urea groups is 1. The fraction of sp³-hybridized carbons (Fsp3) is 0.933. The molecule has 6 heteroatoms. The van der Waals surface area contributed by atoms with Crippen molar-refractivity contribution in [2.45, 2.75) is 49.9 Å². The lowest BCUT2D eigenvalue weighted by Crippen LogP contribution is -2.50. The summed E-state index contributed by atoms with van der Waals surface area (Å²) in [6, 6.07) is 1.11. The molecule has 3 fully saturated rings. The second kappa shape index (κ2) is 6.50. The molecule has 0 saturated carbocycles. The molecular formula is C15H27N3O3. The molecule has 0 unspecified atom stereocenters. The predicted molar refractivity (Wildman–Crippen MR) is 79.3 cm³/mol. The molecule has 21 heavy (non-hydrogen) atoms. The highest BCUT2D eigenvalue weighted by Gasteiger charge is 2.47. The summed E-state index contributed by atoms with van der Waals surface area (Å²) in [6.07, 6.45) is 4.63. The minimum Gasteiger partial charge on any atom is -0.381 e. The van der Waals surface area contributed by atoms with Crippen molar-refractivity contribution >= 4 is 6.03 Å². The van der Waals surface area contributed by atoms with E-state index in [9.17, 15) is 4.79 Å². The van der Waals surface area contributed by atoms with Gasteiger partial charge < -0.3 is 19.7 Å². The van der Waals surface area contributed by atoms with Gasteiger partial charge in [-0.3, -0.25) is 4.90 Å². The molecule has 3 aliphatic rings. The Morgan fingerprint density at radius 2 is 1.95 bits per heavy atom. The van der Waals surface area contributed by atoms with Gasteiger partial charge in [-0.25, -0.2) is 4.79 Å². The number of nitrogens with zero attached hydrogens (tertiary/aromatic N) is 2. The second-order valence-corrected chi connectivity index (χ2v) is 6.54. The molecule has 0 radical (unpaired) electrons. The van der Waals surface area contributed by atoms with Crippen molar-refractivity contribution in [1.29, 1.82) is 0 Å². The summed E-state index contributed by atoms with van der Waals surface area (Å²) in [5.41, 5.74) is 0. The van der Waals surface area contributed by atoms with Gasteiger partial charge in [-0.1, -0.05) is 0 Å². The first-order valence-corrected chi connectivity index (χ1v) is 8.09. The zero-order valence-corrected chi connectivity index (χ0v) is 13.1. The van der Waals surface area contributed by atoms with Crippen LogP contribution in [0.4, 0.5) is 4.79 Å². The maximum absolute atomic E-state index is 12.0. The van der Waals surface area contributed by atoms with Crippen molar-refractivity contribution < 1.29 is 14.3 Å². The van der Waals surface area contributed by atoms with Crippen LogP contribution in [0.25, 0.3) is 0 Å². The van der Waals surface area contributed by atoms with Gasteiger partial charge in [0.15, 0.2) is 0 Å². The molecule has 0 aliphatic carbocycles. The van der Waals surface area contributed by atoms with E-state index in [0.717, 1.165) is 45.6 Å². The lowest BCUT2D eigenvalue weighted by atomic mass is 9.99. The van der Waals surface area contributed by atoms with E-state index in [0.29, 0.717) is 12.1 Å². The van der Waals surface area contributed by atoms with Gasteiger partial charge in [0.2, 0.25) is 0 Å². The molecular weight excluding hydrogens is 270 g/mol. The van der Waals surface area contributed by atoms with Gasteiger partial charge in [-0.15, -0.1) is 0 Å². The van der Waals surface area contributed by atoms with Crippen molar-refractivity contribution in [2.75, 3.05) is 40.5 Å². The fourth-order valence-electron chi connectivity index (χ4n) is 3.84. The molecule has 1 N–H and O–H groups in total. The van der Waals surface area contributed by atoms with Crippen LogP contribution in [-0.2, 0) is 9.47 Å². The lowest BCUT2D eigenvalue weighted by Gasteiger charge is -2.38. The van der Waals surface area contributed by atoms with Gasteiger partial charge in [-0.05, 0) is 25.7 Å².